The first-order valence-corrected chi connectivity index (χ1v) is 8.19. The van der Waals surface area contributed by atoms with Crippen LogP contribution in [0.2, 0.25) is 0 Å². The number of nitrogens with one attached hydrogen (secondary N) is 3. The summed E-state index contributed by atoms with van der Waals surface area (Å²) >= 11 is 0. The molecule has 6 nitrogen and oxygen atoms in total. The van der Waals surface area contributed by atoms with E-state index in [1.165, 1.54) is 12.8 Å². The molecule has 3 unspecified atom stereocenters. The Morgan fingerprint density at radius 1 is 1.25 bits per heavy atom. The van der Waals surface area contributed by atoms with Crippen molar-refractivity contribution >= 4 is 0 Å². The van der Waals surface area contributed by atoms with Crippen molar-refractivity contribution in [2.24, 2.45) is 0 Å². The third-order valence-corrected chi connectivity index (χ3v) is 4.56. The van der Waals surface area contributed by atoms with Crippen LogP contribution in [0.25, 0.3) is 0 Å². The molecular weight excluding hydrogens is 254 g/mol. The fourth-order valence-corrected chi connectivity index (χ4v) is 3.25. The van der Waals surface area contributed by atoms with E-state index in [9.17, 15) is 5.21 Å². The van der Waals surface area contributed by atoms with Crippen LogP contribution >= 0.6 is 0 Å². The highest BCUT2D eigenvalue weighted by molar-refractivity contribution is 4.92. The lowest BCUT2D eigenvalue weighted by Gasteiger charge is -2.51. The first kappa shape index (κ1) is 16.1. The first-order chi connectivity index (χ1) is 9.74. The summed E-state index contributed by atoms with van der Waals surface area (Å²) in [6, 6.07) is 0.445. The van der Waals surface area contributed by atoms with Crippen molar-refractivity contribution in [1.82, 2.24) is 26.1 Å². The molecule has 2 aliphatic rings. The summed E-state index contributed by atoms with van der Waals surface area (Å²) in [5, 5.41) is 20.0. The van der Waals surface area contributed by atoms with Crippen LogP contribution in [0.5, 0.6) is 0 Å². The van der Waals surface area contributed by atoms with Crippen LogP contribution in [0.1, 0.15) is 46.0 Å². The lowest BCUT2D eigenvalue weighted by atomic mass is 9.90. The summed E-state index contributed by atoms with van der Waals surface area (Å²) in [4.78, 5) is 2.42. The average molecular weight is 284 g/mol. The number of fused-ring (bicyclic) bond motifs is 1. The summed E-state index contributed by atoms with van der Waals surface area (Å²) in [7, 11) is 0. The summed E-state index contributed by atoms with van der Waals surface area (Å²) in [5.74, 6) is 0. The van der Waals surface area contributed by atoms with Gasteiger partial charge < -0.3 is 15.3 Å². The first-order valence-electron chi connectivity index (χ1n) is 8.19. The van der Waals surface area contributed by atoms with E-state index in [-0.39, 0.29) is 12.3 Å². The number of nitrogens with zero attached hydrogens (tertiary/aromatic N) is 2. The number of hydrogen-bond acceptors (Lipinski definition) is 6. The second kappa shape index (κ2) is 8.26. The Morgan fingerprint density at radius 3 is 2.75 bits per heavy atom. The van der Waals surface area contributed by atoms with Gasteiger partial charge in [0.2, 0.25) is 0 Å². The molecule has 0 aromatic carbocycles. The van der Waals surface area contributed by atoms with Gasteiger partial charge in [0.05, 0.1) is 0 Å². The van der Waals surface area contributed by atoms with Crippen molar-refractivity contribution in [3.8, 4) is 0 Å². The molecule has 0 aromatic heterocycles. The molecule has 1 saturated heterocycles. The lowest BCUT2D eigenvalue weighted by molar-refractivity contribution is 0.0257. The van der Waals surface area contributed by atoms with Crippen LogP contribution in [0, 0.1) is 5.21 Å². The summed E-state index contributed by atoms with van der Waals surface area (Å²) < 4.78 is 0. The van der Waals surface area contributed by atoms with Gasteiger partial charge in [0, 0.05) is 12.1 Å². The predicted octanol–water partition coefficient (Wildman–Crippen LogP) is 0.810. The van der Waals surface area contributed by atoms with E-state index in [2.05, 4.69) is 34.8 Å². The van der Waals surface area contributed by atoms with Gasteiger partial charge in [-0.3, -0.25) is 10.6 Å². The number of hydroxylamine groups is 1. The topological polar surface area (TPSA) is 65.6 Å². The summed E-state index contributed by atoms with van der Waals surface area (Å²) in [6.07, 6.45) is 5.55. The number of hydrogen-bond donors (Lipinski definition) is 3. The van der Waals surface area contributed by atoms with Crippen LogP contribution < -0.4 is 16.1 Å². The monoisotopic (exact) mass is 284 g/mol. The number of hydrazine groups is 1. The average Bonchev–Trinajstić information content (AvgIpc) is 2.47. The number of rotatable bonds is 7. The van der Waals surface area contributed by atoms with Gasteiger partial charge in [-0.15, -0.1) is 0 Å². The van der Waals surface area contributed by atoms with Crippen molar-refractivity contribution in [3.63, 3.8) is 0 Å². The minimum Gasteiger partial charge on any atom is -0.771 e. The van der Waals surface area contributed by atoms with E-state index >= 15 is 0 Å². The standard InChI is InChI=1S/C14H30N5O/c1-3-18(4-2)11-7-10-15-14-16-12-8-5-6-9-13(12)19(20)17-14/h12-17H,3-11H2,1-2H3/q-1. The van der Waals surface area contributed by atoms with Crippen LogP contribution in [0.15, 0.2) is 0 Å². The Kier molecular flexibility index (Phi) is 6.67. The van der Waals surface area contributed by atoms with Gasteiger partial charge >= 0.3 is 0 Å². The van der Waals surface area contributed by atoms with E-state index in [0.717, 1.165) is 50.6 Å². The van der Waals surface area contributed by atoms with E-state index in [1.54, 1.807) is 0 Å². The third kappa shape index (κ3) is 4.38. The van der Waals surface area contributed by atoms with Crippen LogP contribution in [-0.4, -0.2) is 54.6 Å². The molecule has 2 fully saturated rings. The fraction of sp³-hybridized carbons (Fsp3) is 1.00. The molecule has 0 aromatic rings. The Bertz CT molecular complexity index is 274. The van der Waals surface area contributed by atoms with E-state index in [1.807, 2.05) is 0 Å². The Balaban J connectivity index is 1.66. The van der Waals surface area contributed by atoms with Crippen LogP contribution in [0.3, 0.4) is 0 Å². The molecule has 1 aliphatic carbocycles. The molecule has 3 atom stereocenters. The lowest BCUT2D eigenvalue weighted by Crippen LogP contribution is -2.71. The molecule has 2 rings (SSSR count). The van der Waals surface area contributed by atoms with Crippen LogP contribution in [0.4, 0.5) is 0 Å². The fourth-order valence-electron chi connectivity index (χ4n) is 3.25. The molecule has 6 heteroatoms. The Morgan fingerprint density at radius 2 is 2.00 bits per heavy atom. The van der Waals surface area contributed by atoms with Crippen molar-refractivity contribution in [2.75, 3.05) is 26.2 Å². The van der Waals surface area contributed by atoms with Gasteiger partial charge in [0.15, 0.2) is 0 Å². The molecule has 20 heavy (non-hydrogen) atoms. The smallest absolute Gasteiger partial charge is 0.124 e. The zero-order chi connectivity index (χ0) is 14.4. The van der Waals surface area contributed by atoms with Gasteiger partial charge in [-0.1, -0.05) is 26.7 Å². The second-order valence-electron chi connectivity index (χ2n) is 5.85. The molecule has 0 spiro atoms. The van der Waals surface area contributed by atoms with Gasteiger partial charge in [0.25, 0.3) is 0 Å². The normalized spacial score (nSPS) is 31.5. The molecule has 1 heterocycles. The SMILES string of the molecule is CCN(CC)CCCNC1NC2CCCCC2N([O-])N1. The maximum absolute atomic E-state index is 12.0. The molecule has 1 aliphatic heterocycles. The van der Waals surface area contributed by atoms with Crippen molar-refractivity contribution < 1.29 is 0 Å². The summed E-state index contributed by atoms with van der Waals surface area (Å²) in [6.45, 7) is 8.63. The third-order valence-electron chi connectivity index (χ3n) is 4.56. The van der Waals surface area contributed by atoms with Gasteiger partial charge in [-0.25, -0.2) is 5.43 Å². The molecule has 0 radical (unpaired) electrons. The highest BCUT2D eigenvalue weighted by Crippen LogP contribution is 2.24. The van der Waals surface area contributed by atoms with Crippen molar-refractivity contribution in [1.29, 1.82) is 0 Å². The minimum absolute atomic E-state index is 0.0800. The second-order valence-corrected chi connectivity index (χ2v) is 5.85. The highest BCUT2D eigenvalue weighted by Gasteiger charge is 2.32. The van der Waals surface area contributed by atoms with Gasteiger partial charge in [-0.05, 0) is 45.4 Å². The molecule has 3 N–H and O–H groups in total. The molecular formula is C14H30N5O-. The maximum atomic E-state index is 12.0. The summed E-state index contributed by atoms with van der Waals surface area (Å²) in [5.41, 5.74) is 2.97. The van der Waals surface area contributed by atoms with Crippen LogP contribution in [-0.2, 0) is 0 Å². The van der Waals surface area contributed by atoms with Crippen molar-refractivity contribution in [2.45, 2.75) is 64.3 Å². The minimum atomic E-state index is -0.0800. The largest absolute Gasteiger partial charge is 0.771 e. The predicted molar refractivity (Wildman–Crippen MR) is 81.7 cm³/mol. The molecule has 118 valence electrons. The van der Waals surface area contributed by atoms with Crippen molar-refractivity contribution in [3.05, 3.63) is 5.21 Å². The highest BCUT2D eigenvalue weighted by atomic mass is 16.5. The van der Waals surface area contributed by atoms with Gasteiger partial charge in [-0.2, -0.15) is 0 Å². The Hall–Kier alpha value is -0.240. The van der Waals surface area contributed by atoms with E-state index in [0.29, 0.717) is 6.04 Å². The van der Waals surface area contributed by atoms with E-state index < -0.39 is 0 Å². The molecule has 0 bridgehead atoms. The Labute approximate surface area is 122 Å². The maximum Gasteiger partial charge on any atom is 0.124 e. The zero-order valence-electron chi connectivity index (χ0n) is 12.9. The molecule has 0 amide bonds. The van der Waals surface area contributed by atoms with E-state index in [4.69, 9.17) is 0 Å². The molecule has 1 saturated carbocycles. The van der Waals surface area contributed by atoms with Gasteiger partial charge in [0.1, 0.15) is 6.29 Å². The zero-order valence-corrected chi connectivity index (χ0v) is 12.9. The quantitative estimate of drug-likeness (QED) is 0.601.